The molecule has 2 aromatic heterocycles. The maximum absolute atomic E-state index is 13.2. The maximum Gasteiger partial charge on any atom is 0.265 e. The fourth-order valence-electron chi connectivity index (χ4n) is 3.20. The molecule has 0 radical (unpaired) electrons. The molecule has 0 aliphatic rings. The van der Waals surface area contributed by atoms with E-state index in [1.165, 1.54) is 48.6 Å². The SMILES string of the molecule is COc1ccc(OC)c(S(=O)(=O)Nc2ccccc2SCc2cc(=O)n3ccccc3n2)c1. The van der Waals surface area contributed by atoms with Crippen molar-refractivity contribution in [2.75, 3.05) is 18.9 Å². The van der Waals surface area contributed by atoms with Gasteiger partial charge in [-0.25, -0.2) is 13.4 Å². The van der Waals surface area contributed by atoms with E-state index < -0.39 is 10.0 Å². The Bertz CT molecular complexity index is 1470. The molecule has 2 heterocycles. The van der Waals surface area contributed by atoms with Gasteiger partial charge in [-0.15, -0.1) is 11.8 Å². The van der Waals surface area contributed by atoms with Crippen molar-refractivity contribution in [1.29, 1.82) is 0 Å². The van der Waals surface area contributed by atoms with Crippen molar-refractivity contribution < 1.29 is 17.9 Å². The summed E-state index contributed by atoms with van der Waals surface area (Å²) < 4.78 is 40.8. The molecule has 4 rings (SSSR count). The molecule has 2 aromatic carbocycles. The second-order valence-electron chi connectivity index (χ2n) is 6.92. The lowest BCUT2D eigenvalue weighted by molar-refractivity contribution is 0.392. The number of rotatable bonds is 8. The van der Waals surface area contributed by atoms with Crippen LogP contribution < -0.4 is 19.8 Å². The van der Waals surface area contributed by atoms with Crippen molar-refractivity contribution in [3.63, 3.8) is 0 Å². The molecule has 4 aromatic rings. The Morgan fingerprint density at radius 2 is 1.79 bits per heavy atom. The normalized spacial score (nSPS) is 11.3. The molecule has 10 heteroatoms. The van der Waals surface area contributed by atoms with Gasteiger partial charge in [0.15, 0.2) is 0 Å². The number of fused-ring (bicyclic) bond motifs is 1. The molecular weight excluding hydrogens is 462 g/mol. The minimum Gasteiger partial charge on any atom is -0.497 e. The Morgan fingerprint density at radius 1 is 1.00 bits per heavy atom. The summed E-state index contributed by atoms with van der Waals surface area (Å²) in [6.45, 7) is 0. The highest BCUT2D eigenvalue weighted by atomic mass is 32.2. The number of ether oxygens (including phenoxy) is 2. The Kier molecular flexibility index (Phi) is 6.57. The summed E-state index contributed by atoms with van der Waals surface area (Å²) in [6, 6.07) is 18.4. The first kappa shape index (κ1) is 22.7. The predicted octanol–water partition coefficient (Wildman–Crippen LogP) is 3.80. The minimum absolute atomic E-state index is 0.0339. The largest absolute Gasteiger partial charge is 0.497 e. The second-order valence-corrected chi connectivity index (χ2v) is 9.59. The maximum atomic E-state index is 13.2. The Morgan fingerprint density at radius 3 is 2.58 bits per heavy atom. The lowest BCUT2D eigenvalue weighted by Crippen LogP contribution is -2.15. The van der Waals surface area contributed by atoms with Crippen molar-refractivity contribution in [1.82, 2.24) is 9.38 Å². The quantitative estimate of drug-likeness (QED) is 0.381. The van der Waals surface area contributed by atoms with Gasteiger partial charge in [0.1, 0.15) is 22.0 Å². The molecule has 0 amide bonds. The Balaban J connectivity index is 1.60. The van der Waals surface area contributed by atoms with Gasteiger partial charge < -0.3 is 9.47 Å². The zero-order valence-electron chi connectivity index (χ0n) is 17.9. The zero-order chi connectivity index (χ0) is 23.4. The zero-order valence-corrected chi connectivity index (χ0v) is 19.5. The third-order valence-electron chi connectivity index (χ3n) is 4.79. The van der Waals surface area contributed by atoms with Crippen LogP contribution in [-0.4, -0.2) is 32.0 Å². The number of sulfonamides is 1. The van der Waals surface area contributed by atoms with Crippen LogP contribution in [0.3, 0.4) is 0 Å². The fraction of sp³-hybridized carbons (Fsp3) is 0.130. The van der Waals surface area contributed by atoms with Gasteiger partial charge in [0.25, 0.3) is 15.6 Å². The number of anilines is 1. The van der Waals surface area contributed by atoms with Crippen molar-refractivity contribution in [2.45, 2.75) is 15.5 Å². The fourth-order valence-corrected chi connectivity index (χ4v) is 5.43. The van der Waals surface area contributed by atoms with Gasteiger partial charge in [-0.1, -0.05) is 18.2 Å². The first-order valence-corrected chi connectivity index (χ1v) is 12.3. The first-order valence-electron chi connectivity index (χ1n) is 9.85. The van der Waals surface area contributed by atoms with Crippen LogP contribution in [0.5, 0.6) is 11.5 Å². The van der Waals surface area contributed by atoms with Crippen LogP contribution in [0.1, 0.15) is 5.69 Å². The number of nitrogens with zero attached hydrogens (tertiary/aromatic N) is 2. The molecule has 0 unspecified atom stereocenters. The molecule has 33 heavy (non-hydrogen) atoms. The number of para-hydroxylation sites is 1. The number of hydrogen-bond acceptors (Lipinski definition) is 7. The molecule has 8 nitrogen and oxygen atoms in total. The highest BCUT2D eigenvalue weighted by molar-refractivity contribution is 7.98. The van der Waals surface area contributed by atoms with Crippen molar-refractivity contribution >= 4 is 33.1 Å². The summed E-state index contributed by atoms with van der Waals surface area (Å²) >= 11 is 1.38. The molecule has 0 saturated heterocycles. The molecule has 0 bridgehead atoms. The van der Waals surface area contributed by atoms with Crippen LogP contribution in [0.2, 0.25) is 0 Å². The summed E-state index contributed by atoms with van der Waals surface area (Å²) in [5.41, 5.74) is 1.39. The monoisotopic (exact) mass is 483 g/mol. The van der Waals surface area contributed by atoms with Gasteiger partial charge in [0.05, 0.1) is 25.6 Å². The summed E-state index contributed by atoms with van der Waals surface area (Å²) in [6.07, 6.45) is 1.67. The van der Waals surface area contributed by atoms with E-state index in [1.54, 1.807) is 42.6 Å². The van der Waals surface area contributed by atoms with Crippen LogP contribution in [0.25, 0.3) is 5.65 Å². The lowest BCUT2D eigenvalue weighted by atomic mass is 10.3. The van der Waals surface area contributed by atoms with Gasteiger partial charge >= 0.3 is 0 Å². The third-order valence-corrected chi connectivity index (χ3v) is 7.29. The third kappa shape index (κ3) is 4.96. The predicted molar refractivity (Wildman–Crippen MR) is 128 cm³/mol. The van der Waals surface area contributed by atoms with Crippen LogP contribution in [0.4, 0.5) is 5.69 Å². The number of methoxy groups -OCH3 is 2. The molecule has 0 saturated carbocycles. The van der Waals surface area contributed by atoms with E-state index in [4.69, 9.17) is 9.47 Å². The molecule has 0 atom stereocenters. The minimum atomic E-state index is -3.97. The van der Waals surface area contributed by atoms with E-state index in [-0.39, 0.29) is 16.2 Å². The number of pyridine rings is 1. The van der Waals surface area contributed by atoms with Crippen LogP contribution in [0, 0.1) is 0 Å². The molecule has 0 aliphatic heterocycles. The van der Waals surface area contributed by atoms with Gasteiger partial charge in [-0.05, 0) is 36.4 Å². The van der Waals surface area contributed by atoms with Gasteiger partial charge in [-0.3, -0.25) is 13.9 Å². The van der Waals surface area contributed by atoms with Gasteiger partial charge in [0, 0.05) is 29.0 Å². The summed E-state index contributed by atoms with van der Waals surface area (Å²) in [5.74, 6) is 0.990. The number of nitrogens with one attached hydrogen (secondary N) is 1. The van der Waals surface area contributed by atoms with E-state index in [2.05, 4.69) is 9.71 Å². The van der Waals surface area contributed by atoms with E-state index in [9.17, 15) is 13.2 Å². The van der Waals surface area contributed by atoms with Crippen LogP contribution >= 0.6 is 11.8 Å². The molecule has 0 spiro atoms. The van der Waals surface area contributed by atoms with Gasteiger partial charge in [0.2, 0.25) is 0 Å². The average Bonchev–Trinajstić information content (AvgIpc) is 2.83. The Labute approximate surface area is 195 Å². The van der Waals surface area contributed by atoms with Crippen molar-refractivity contribution in [3.8, 4) is 11.5 Å². The lowest BCUT2D eigenvalue weighted by Gasteiger charge is -2.15. The van der Waals surface area contributed by atoms with Crippen LogP contribution in [0.15, 0.2) is 87.5 Å². The molecule has 0 aliphatic carbocycles. The highest BCUT2D eigenvalue weighted by Gasteiger charge is 2.22. The first-order chi connectivity index (χ1) is 15.9. The summed E-state index contributed by atoms with van der Waals surface area (Å²) in [7, 11) is -1.10. The average molecular weight is 484 g/mol. The Hall–Kier alpha value is -3.50. The second kappa shape index (κ2) is 9.55. The van der Waals surface area contributed by atoms with Crippen molar-refractivity contribution in [3.05, 3.63) is 89.0 Å². The number of aromatic nitrogens is 2. The molecular formula is C23H21N3O5S2. The van der Waals surface area contributed by atoms with E-state index >= 15 is 0 Å². The molecule has 0 fully saturated rings. The van der Waals surface area contributed by atoms with Gasteiger partial charge in [-0.2, -0.15) is 0 Å². The number of benzene rings is 2. The van der Waals surface area contributed by atoms with E-state index in [0.29, 0.717) is 33.4 Å². The number of hydrogen-bond donors (Lipinski definition) is 1. The topological polar surface area (TPSA) is 99.0 Å². The molecule has 1 N–H and O–H groups in total. The van der Waals surface area contributed by atoms with Crippen LogP contribution in [-0.2, 0) is 15.8 Å². The van der Waals surface area contributed by atoms with E-state index in [1.807, 2.05) is 12.1 Å². The highest BCUT2D eigenvalue weighted by Crippen LogP contribution is 2.34. The standard InChI is InChI=1S/C23H21N3O5S2/c1-30-17-10-11-19(31-2)21(14-17)33(28,29)25-18-7-3-4-8-20(18)32-15-16-13-23(27)26-12-6-5-9-22(26)24-16/h3-14,25H,15H2,1-2H3. The molecule has 170 valence electrons. The summed E-state index contributed by atoms with van der Waals surface area (Å²) in [5, 5.41) is 0. The smallest absolute Gasteiger partial charge is 0.265 e. The summed E-state index contributed by atoms with van der Waals surface area (Å²) in [4.78, 5) is 17.5. The van der Waals surface area contributed by atoms with Crippen molar-refractivity contribution in [2.24, 2.45) is 0 Å². The number of thioether (sulfide) groups is 1. The van der Waals surface area contributed by atoms with E-state index in [0.717, 1.165) is 0 Å².